The summed E-state index contributed by atoms with van der Waals surface area (Å²) in [5.74, 6) is 0.549. The lowest BCUT2D eigenvalue weighted by Crippen LogP contribution is -2.39. The fourth-order valence-corrected chi connectivity index (χ4v) is 2.91. The maximum atomic E-state index is 12.1. The molecule has 1 aromatic heterocycles. The molecule has 128 valence electrons. The van der Waals surface area contributed by atoms with Crippen molar-refractivity contribution in [2.45, 2.75) is 32.8 Å². The summed E-state index contributed by atoms with van der Waals surface area (Å²) < 4.78 is 7.22. The Morgan fingerprint density at radius 3 is 2.71 bits per heavy atom. The quantitative estimate of drug-likeness (QED) is 0.872. The molecule has 0 unspecified atom stereocenters. The molecule has 0 atom stereocenters. The highest BCUT2D eigenvalue weighted by Gasteiger charge is 2.24. The van der Waals surface area contributed by atoms with E-state index >= 15 is 0 Å². The van der Waals surface area contributed by atoms with Gasteiger partial charge in [-0.1, -0.05) is 12.1 Å². The number of benzene rings is 1. The van der Waals surface area contributed by atoms with Crippen LogP contribution in [0.4, 0.5) is 10.6 Å². The Hall–Kier alpha value is -2.50. The summed E-state index contributed by atoms with van der Waals surface area (Å²) in [4.78, 5) is 13.9. The third-order valence-corrected chi connectivity index (χ3v) is 4.11. The number of hydrogen-bond donors (Lipinski definition) is 1. The maximum Gasteiger partial charge on any atom is 0.410 e. The molecule has 0 radical (unpaired) electrons. The minimum Gasteiger partial charge on any atom is -0.444 e. The van der Waals surface area contributed by atoms with Crippen LogP contribution in [-0.4, -0.2) is 39.5 Å². The van der Waals surface area contributed by atoms with Crippen molar-refractivity contribution in [1.29, 1.82) is 0 Å². The van der Waals surface area contributed by atoms with Gasteiger partial charge in [0, 0.05) is 25.5 Å². The molecule has 2 aromatic rings. The molecule has 2 N–H and O–H groups in total. The molecule has 2 heterocycles. The Labute approximate surface area is 141 Å². The van der Waals surface area contributed by atoms with Gasteiger partial charge in [0.25, 0.3) is 0 Å². The van der Waals surface area contributed by atoms with Crippen LogP contribution in [0, 0.1) is 0 Å². The molecule has 1 aliphatic heterocycles. The van der Waals surface area contributed by atoms with Crippen molar-refractivity contribution in [3.8, 4) is 0 Å². The van der Waals surface area contributed by atoms with Gasteiger partial charge in [-0.25, -0.2) is 4.79 Å². The van der Waals surface area contributed by atoms with Gasteiger partial charge in [0.15, 0.2) is 5.82 Å². The topological polar surface area (TPSA) is 73.4 Å². The largest absolute Gasteiger partial charge is 0.444 e. The van der Waals surface area contributed by atoms with Gasteiger partial charge >= 0.3 is 6.09 Å². The lowest BCUT2D eigenvalue weighted by Gasteiger charge is -2.29. The van der Waals surface area contributed by atoms with Crippen molar-refractivity contribution in [3.05, 3.63) is 29.8 Å². The molecule has 0 aliphatic carbocycles. The molecule has 1 aromatic carbocycles. The predicted molar refractivity (Wildman–Crippen MR) is 95.5 cm³/mol. The average Bonchev–Trinajstić information content (AvgIpc) is 2.80. The highest BCUT2D eigenvalue weighted by atomic mass is 16.6. The maximum absolute atomic E-state index is 12.1. The molecule has 0 fully saturated rings. The second kappa shape index (κ2) is 5.85. The van der Waals surface area contributed by atoms with Crippen LogP contribution in [0.2, 0.25) is 0 Å². The number of rotatable bonds is 1. The molecule has 0 spiro atoms. The number of nitrogen functional groups attached to an aromatic ring is 1. The van der Waals surface area contributed by atoms with Crippen LogP contribution >= 0.6 is 0 Å². The number of aromatic nitrogens is 2. The Morgan fingerprint density at radius 1 is 1.33 bits per heavy atom. The standard InChI is InChI=1S/C18H24N4O2/c1-18(2,3)24-17(23)22-9-7-12(8-10-22)13-5-6-14-15(11-13)21(4)20-16(14)19/h5-7,11H,8-10H2,1-4H3,(H2,19,20). The molecular weight excluding hydrogens is 304 g/mol. The molecular formula is C18H24N4O2. The summed E-state index contributed by atoms with van der Waals surface area (Å²) in [7, 11) is 1.89. The van der Waals surface area contributed by atoms with Crippen molar-refractivity contribution in [2.24, 2.45) is 7.05 Å². The van der Waals surface area contributed by atoms with Crippen molar-refractivity contribution in [2.75, 3.05) is 18.8 Å². The molecule has 6 heteroatoms. The number of hydrogen-bond acceptors (Lipinski definition) is 4. The first-order valence-corrected chi connectivity index (χ1v) is 8.14. The normalized spacial score (nSPS) is 15.5. The van der Waals surface area contributed by atoms with E-state index in [1.165, 1.54) is 5.57 Å². The van der Waals surface area contributed by atoms with Crippen LogP contribution in [0.1, 0.15) is 32.8 Å². The zero-order valence-electron chi connectivity index (χ0n) is 14.7. The zero-order valence-corrected chi connectivity index (χ0v) is 14.7. The van der Waals surface area contributed by atoms with Crippen LogP contribution < -0.4 is 5.73 Å². The molecule has 3 rings (SSSR count). The highest BCUT2D eigenvalue weighted by Crippen LogP contribution is 2.28. The first-order chi connectivity index (χ1) is 11.2. The second-order valence-electron chi connectivity index (χ2n) is 7.15. The number of ether oxygens (including phenoxy) is 1. The SMILES string of the molecule is Cn1nc(N)c2ccc(C3=CCN(C(=O)OC(C)(C)C)CC3)cc21. The van der Waals surface area contributed by atoms with Gasteiger partial charge in [0.2, 0.25) is 0 Å². The fourth-order valence-electron chi connectivity index (χ4n) is 2.91. The van der Waals surface area contributed by atoms with Gasteiger partial charge in [-0.15, -0.1) is 0 Å². The van der Waals surface area contributed by atoms with E-state index in [2.05, 4.69) is 23.3 Å². The Kier molecular flexibility index (Phi) is 3.99. The van der Waals surface area contributed by atoms with E-state index in [1.807, 2.05) is 33.9 Å². The summed E-state index contributed by atoms with van der Waals surface area (Å²) in [5.41, 5.74) is 8.83. The van der Waals surface area contributed by atoms with Crippen LogP contribution in [0.5, 0.6) is 0 Å². The number of nitrogens with two attached hydrogens (primary N) is 1. The first kappa shape index (κ1) is 16.4. The summed E-state index contributed by atoms with van der Waals surface area (Å²) in [6, 6.07) is 6.18. The number of aryl methyl sites for hydroxylation is 1. The lowest BCUT2D eigenvalue weighted by atomic mass is 9.98. The van der Waals surface area contributed by atoms with E-state index in [4.69, 9.17) is 10.5 Å². The molecule has 0 saturated heterocycles. The van der Waals surface area contributed by atoms with Gasteiger partial charge in [-0.3, -0.25) is 4.68 Å². The molecule has 24 heavy (non-hydrogen) atoms. The van der Waals surface area contributed by atoms with E-state index in [0.29, 0.717) is 18.9 Å². The molecule has 1 amide bonds. The van der Waals surface area contributed by atoms with E-state index in [1.54, 1.807) is 9.58 Å². The third-order valence-electron chi connectivity index (χ3n) is 4.11. The second-order valence-corrected chi connectivity index (χ2v) is 7.15. The first-order valence-electron chi connectivity index (χ1n) is 8.14. The Bertz CT molecular complexity index is 814. The van der Waals surface area contributed by atoms with Gasteiger partial charge in [0.05, 0.1) is 5.52 Å². The number of anilines is 1. The van der Waals surface area contributed by atoms with Crippen LogP contribution in [0.3, 0.4) is 0 Å². The smallest absolute Gasteiger partial charge is 0.410 e. The van der Waals surface area contributed by atoms with Gasteiger partial charge in [-0.2, -0.15) is 5.10 Å². The summed E-state index contributed by atoms with van der Waals surface area (Å²) >= 11 is 0. The van der Waals surface area contributed by atoms with E-state index < -0.39 is 5.60 Å². The average molecular weight is 328 g/mol. The molecule has 0 bridgehead atoms. The Morgan fingerprint density at radius 2 is 2.08 bits per heavy atom. The van der Waals surface area contributed by atoms with Crippen LogP contribution in [0.15, 0.2) is 24.3 Å². The zero-order chi connectivity index (χ0) is 17.5. The summed E-state index contributed by atoms with van der Waals surface area (Å²) in [5, 5.41) is 5.22. The Balaban J connectivity index is 1.78. The van der Waals surface area contributed by atoms with E-state index in [-0.39, 0.29) is 6.09 Å². The van der Waals surface area contributed by atoms with Crippen LogP contribution in [-0.2, 0) is 11.8 Å². The summed E-state index contributed by atoms with van der Waals surface area (Å²) in [6.45, 7) is 6.86. The third kappa shape index (κ3) is 3.22. The van der Waals surface area contributed by atoms with Crippen molar-refractivity contribution in [1.82, 2.24) is 14.7 Å². The number of amides is 1. The van der Waals surface area contributed by atoms with E-state index in [9.17, 15) is 4.79 Å². The number of nitrogens with zero attached hydrogens (tertiary/aromatic N) is 3. The van der Waals surface area contributed by atoms with Crippen molar-refractivity contribution in [3.63, 3.8) is 0 Å². The fraction of sp³-hybridized carbons (Fsp3) is 0.444. The number of carbonyl (C=O) groups is 1. The lowest BCUT2D eigenvalue weighted by molar-refractivity contribution is 0.0270. The van der Waals surface area contributed by atoms with Gasteiger partial charge in [0.1, 0.15) is 5.60 Å². The van der Waals surface area contributed by atoms with E-state index in [0.717, 1.165) is 22.9 Å². The molecule has 0 saturated carbocycles. The van der Waals surface area contributed by atoms with Gasteiger partial charge < -0.3 is 15.4 Å². The number of carbonyl (C=O) groups excluding carboxylic acids is 1. The van der Waals surface area contributed by atoms with Crippen molar-refractivity contribution >= 4 is 28.4 Å². The van der Waals surface area contributed by atoms with Crippen LogP contribution in [0.25, 0.3) is 16.5 Å². The predicted octanol–water partition coefficient (Wildman–Crippen LogP) is 3.18. The highest BCUT2D eigenvalue weighted by molar-refractivity contribution is 5.91. The monoisotopic (exact) mass is 328 g/mol. The minimum atomic E-state index is -0.467. The summed E-state index contributed by atoms with van der Waals surface area (Å²) in [6.07, 6.45) is 2.64. The minimum absolute atomic E-state index is 0.257. The van der Waals surface area contributed by atoms with Crippen molar-refractivity contribution < 1.29 is 9.53 Å². The molecule has 1 aliphatic rings. The number of fused-ring (bicyclic) bond motifs is 1. The molecule has 6 nitrogen and oxygen atoms in total. The van der Waals surface area contributed by atoms with Gasteiger partial charge in [-0.05, 0) is 50.5 Å².